The molecule has 2 N–H and O–H groups in total. The molecule has 3 nitrogen and oxygen atoms in total. The normalized spacial score (nSPS) is 31.8. The quantitative estimate of drug-likeness (QED) is 0.842. The van der Waals surface area contributed by atoms with Crippen molar-refractivity contribution in [1.82, 2.24) is 10.2 Å². The van der Waals surface area contributed by atoms with Crippen LogP contribution in [-0.4, -0.2) is 35.7 Å². The van der Waals surface area contributed by atoms with Crippen LogP contribution in [0.5, 0.6) is 0 Å². The van der Waals surface area contributed by atoms with Crippen LogP contribution in [0.15, 0.2) is 24.3 Å². The summed E-state index contributed by atoms with van der Waals surface area (Å²) in [5.41, 5.74) is 2.35. The first-order chi connectivity index (χ1) is 8.78. The van der Waals surface area contributed by atoms with Gasteiger partial charge < -0.3 is 10.4 Å². The number of fused-ring (bicyclic) bond motifs is 1. The van der Waals surface area contributed by atoms with Crippen molar-refractivity contribution in [2.75, 3.05) is 19.6 Å². The molecular weight excluding hydrogens is 224 g/mol. The van der Waals surface area contributed by atoms with Crippen LogP contribution in [0.25, 0.3) is 0 Å². The smallest absolute Gasteiger partial charge is 0.0681 e. The van der Waals surface area contributed by atoms with Crippen LogP contribution < -0.4 is 5.32 Å². The van der Waals surface area contributed by atoms with Crippen molar-refractivity contribution in [3.8, 4) is 0 Å². The van der Waals surface area contributed by atoms with Crippen LogP contribution in [0.3, 0.4) is 0 Å². The number of nitrogens with one attached hydrogen (secondary N) is 1. The van der Waals surface area contributed by atoms with Crippen molar-refractivity contribution >= 4 is 0 Å². The molecule has 3 rings (SSSR count). The van der Waals surface area contributed by atoms with Crippen LogP contribution in [0, 0.1) is 11.8 Å². The highest BCUT2D eigenvalue weighted by molar-refractivity contribution is 5.22. The van der Waals surface area contributed by atoms with Gasteiger partial charge in [0.25, 0.3) is 0 Å². The Morgan fingerprint density at radius 3 is 2.61 bits per heavy atom. The Morgan fingerprint density at radius 2 is 1.94 bits per heavy atom. The zero-order valence-corrected chi connectivity index (χ0v) is 11.0. The van der Waals surface area contributed by atoms with E-state index in [2.05, 4.69) is 29.3 Å². The third-order valence-electron chi connectivity index (χ3n) is 4.65. The molecule has 18 heavy (non-hydrogen) atoms. The van der Waals surface area contributed by atoms with E-state index < -0.39 is 0 Å². The van der Waals surface area contributed by atoms with Crippen molar-refractivity contribution in [2.45, 2.75) is 26.1 Å². The molecular formula is C15H22N2O. The van der Waals surface area contributed by atoms with Crippen LogP contribution in [0.4, 0.5) is 0 Å². The number of aliphatic hydroxyl groups is 1. The minimum atomic E-state index is 0.135. The molecule has 2 aliphatic rings. The van der Waals surface area contributed by atoms with E-state index >= 15 is 0 Å². The summed E-state index contributed by atoms with van der Waals surface area (Å²) in [5, 5.41) is 12.5. The maximum Gasteiger partial charge on any atom is 0.0681 e. The summed E-state index contributed by atoms with van der Waals surface area (Å²) in [7, 11) is 0. The maximum absolute atomic E-state index is 9.05. The Morgan fingerprint density at radius 1 is 1.22 bits per heavy atom. The fraction of sp³-hybridized carbons (Fsp3) is 0.600. The molecule has 2 heterocycles. The molecule has 3 unspecified atom stereocenters. The minimum Gasteiger partial charge on any atom is -0.392 e. The van der Waals surface area contributed by atoms with Gasteiger partial charge in [-0.05, 0) is 43.0 Å². The summed E-state index contributed by atoms with van der Waals surface area (Å²) < 4.78 is 0. The summed E-state index contributed by atoms with van der Waals surface area (Å²) >= 11 is 0. The molecule has 0 bridgehead atoms. The Kier molecular flexibility index (Phi) is 3.37. The second-order valence-electron chi connectivity index (χ2n) is 5.73. The zero-order valence-electron chi connectivity index (χ0n) is 11.0. The molecule has 98 valence electrons. The van der Waals surface area contributed by atoms with Gasteiger partial charge in [0.2, 0.25) is 0 Å². The summed E-state index contributed by atoms with van der Waals surface area (Å²) in [6.07, 6.45) is 0. The van der Waals surface area contributed by atoms with Gasteiger partial charge in [-0.15, -0.1) is 0 Å². The molecule has 0 amide bonds. The van der Waals surface area contributed by atoms with Gasteiger partial charge in [-0.1, -0.05) is 24.3 Å². The number of benzene rings is 1. The number of aliphatic hydroxyl groups excluding tert-OH is 1. The average Bonchev–Trinajstić information content (AvgIpc) is 2.95. The van der Waals surface area contributed by atoms with Crippen molar-refractivity contribution < 1.29 is 5.11 Å². The average molecular weight is 246 g/mol. The highest BCUT2D eigenvalue weighted by Crippen LogP contribution is 2.33. The Hall–Kier alpha value is -0.900. The molecule has 2 fully saturated rings. The molecule has 2 aliphatic heterocycles. The van der Waals surface area contributed by atoms with Crippen molar-refractivity contribution in [3.63, 3.8) is 0 Å². The van der Waals surface area contributed by atoms with E-state index in [0.29, 0.717) is 6.04 Å². The molecule has 0 spiro atoms. The van der Waals surface area contributed by atoms with Crippen LogP contribution >= 0.6 is 0 Å². The van der Waals surface area contributed by atoms with Gasteiger partial charge in [0.05, 0.1) is 6.61 Å². The largest absolute Gasteiger partial charge is 0.392 e. The van der Waals surface area contributed by atoms with Crippen LogP contribution in [0.1, 0.15) is 18.1 Å². The lowest BCUT2D eigenvalue weighted by molar-refractivity contribution is 0.231. The monoisotopic (exact) mass is 246 g/mol. The number of nitrogens with zero attached hydrogens (tertiary/aromatic N) is 1. The maximum atomic E-state index is 9.05. The Balaban J connectivity index is 1.65. The Labute approximate surface area is 109 Å². The molecule has 1 aromatic carbocycles. The summed E-state index contributed by atoms with van der Waals surface area (Å²) in [4.78, 5) is 2.60. The topological polar surface area (TPSA) is 35.5 Å². The second-order valence-corrected chi connectivity index (χ2v) is 5.73. The highest BCUT2D eigenvalue weighted by atomic mass is 16.3. The highest BCUT2D eigenvalue weighted by Gasteiger charge is 2.41. The van der Waals surface area contributed by atoms with E-state index in [9.17, 15) is 0 Å². The van der Waals surface area contributed by atoms with Crippen LogP contribution in [-0.2, 0) is 13.2 Å². The summed E-state index contributed by atoms with van der Waals surface area (Å²) in [5.74, 6) is 1.68. The standard InChI is InChI=1S/C15H22N2O/c1-11-15-7-16-6-14(15)9-17(11)8-12-2-4-13(10-18)5-3-12/h2-5,11,14-16,18H,6-10H2,1H3. The zero-order chi connectivity index (χ0) is 12.5. The molecule has 2 saturated heterocycles. The molecule has 0 radical (unpaired) electrons. The molecule has 3 atom stereocenters. The fourth-order valence-electron chi connectivity index (χ4n) is 3.45. The lowest BCUT2D eigenvalue weighted by Gasteiger charge is -2.24. The van der Waals surface area contributed by atoms with Gasteiger partial charge in [-0.25, -0.2) is 0 Å². The fourth-order valence-corrected chi connectivity index (χ4v) is 3.45. The third kappa shape index (κ3) is 2.18. The number of likely N-dealkylation sites (tertiary alicyclic amines) is 1. The van der Waals surface area contributed by atoms with Gasteiger partial charge in [-0.2, -0.15) is 0 Å². The van der Waals surface area contributed by atoms with E-state index in [1.807, 2.05) is 12.1 Å². The summed E-state index contributed by atoms with van der Waals surface area (Å²) in [6.45, 7) is 7.14. The molecule has 0 aromatic heterocycles. The first-order valence-electron chi connectivity index (χ1n) is 6.91. The van der Waals surface area contributed by atoms with Gasteiger partial charge >= 0.3 is 0 Å². The number of rotatable bonds is 3. The van der Waals surface area contributed by atoms with E-state index in [0.717, 1.165) is 23.9 Å². The van der Waals surface area contributed by atoms with Crippen molar-refractivity contribution in [3.05, 3.63) is 35.4 Å². The minimum absolute atomic E-state index is 0.135. The predicted octanol–water partition coefficient (Wildman–Crippen LogP) is 1.22. The van der Waals surface area contributed by atoms with Crippen LogP contribution in [0.2, 0.25) is 0 Å². The lowest BCUT2D eigenvalue weighted by atomic mass is 9.95. The lowest BCUT2D eigenvalue weighted by Crippen LogP contribution is -2.32. The molecule has 3 heteroatoms. The van der Waals surface area contributed by atoms with E-state index in [4.69, 9.17) is 5.11 Å². The SMILES string of the molecule is CC1C2CNCC2CN1Cc1ccc(CO)cc1. The first kappa shape index (κ1) is 12.2. The van der Waals surface area contributed by atoms with E-state index in [-0.39, 0.29) is 6.61 Å². The van der Waals surface area contributed by atoms with Crippen molar-refractivity contribution in [2.24, 2.45) is 11.8 Å². The van der Waals surface area contributed by atoms with Gasteiger partial charge in [0.1, 0.15) is 0 Å². The van der Waals surface area contributed by atoms with Crippen molar-refractivity contribution in [1.29, 1.82) is 0 Å². The summed E-state index contributed by atoms with van der Waals surface area (Å²) in [6, 6.07) is 9.02. The first-order valence-corrected chi connectivity index (χ1v) is 6.91. The predicted molar refractivity (Wildman–Crippen MR) is 72.1 cm³/mol. The van der Waals surface area contributed by atoms with Gasteiger partial charge in [-0.3, -0.25) is 4.90 Å². The van der Waals surface area contributed by atoms with Gasteiger partial charge in [0, 0.05) is 19.1 Å². The number of hydrogen-bond acceptors (Lipinski definition) is 3. The van der Waals surface area contributed by atoms with E-state index in [1.165, 1.54) is 25.2 Å². The second kappa shape index (κ2) is 5.00. The number of hydrogen-bond donors (Lipinski definition) is 2. The third-order valence-corrected chi connectivity index (χ3v) is 4.65. The van der Waals surface area contributed by atoms with E-state index in [1.54, 1.807) is 0 Å². The molecule has 1 aromatic rings. The molecule has 0 saturated carbocycles. The van der Waals surface area contributed by atoms with Gasteiger partial charge in [0.15, 0.2) is 0 Å². The Bertz CT molecular complexity index is 403. The molecule has 0 aliphatic carbocycles.